The second kappa shape index (κ2) is 6.97. The van der Waals surface area contributed by atoms with E-state index in [2.05, 4.69) is 15.8 Å². The Morgan fingerprint density at radius 2 is 1.88 bits per heavy atom. The van der Waals surface area contributed by atoms with Crippen LogP contribution in [0.1, 0.15) is 38.3 Å². The van der Waals surface area contributed by atoms with Gasteiger partial charge in [-0.15, -0.1) is 0 Å². The van der Waals surface area contributed by atoms with Gasteiger partial charge in [-0.3, -0.25) is 4.79 Å². The first-order valence-electron chi connectivity index (χ1n) is 7.91. The quantitative estimate of drug-likeness (QED) is 0.857. The molecule has 0 aromatic heterocycles. The highest BCUT2D eigenvalue weighted by Gasteiger charge is 2.42. The van der Waals surface area contributed by atoms with E-state index < -0.39 is 34.9 Å². The fourth-order valence-electron chi connectivity index (χ4n) is 2.47. The SMILES string of the molecule is CC(C)(C)OC(=O)NC1(Cc2ccc(C(F)(F)F)cc2)CC=NNC1=O. The van der Waals surface area contributed by atoms with Crippen LogP contribution in [0.4, 0.5) is 18.0 Å². The second-order valence-electron chi connectivity index (χ2n) is 7.04. The van der Waals surface area contributed by atoms with Crippen molar-refractivity contribution in [1.82, 2.24) is 10.7 Å². The maximum atomic E-state index is 12.7. The Morgan fingerprint density at radius 3 is 2.38 bits per heavy atom. The summed E-state index contributed by atoms with van der Waals surface area (Å²) in [4.78, 5) is 24.5. The van der Waals surface area contributed by atoms with Crippen LogP contribution in [0.3, 0.4) is 0 Å². The van der Waals surface area contributed by atoms with Crippen LogP contribution < -0.4 is 10.7 Å². The number of halogens is 3. The smallest absolute Gasteiger partial charge is 0.416 e. The summed E-state index contributed by atoms with van der Waals surface area (Å²) in [7, 11) is 0. The summed E-state index contributed by atoms with van der Waals surface area (Å²) in [6.45, 7) is 5.03. The Balaban J connectivity index is 2.24. The van der Waals surface area contributed by atoms with Crippen molar-refractivity contribution in [2.45, 2.75) is 50.9 Å². The van der Waals surface area contributed by atoms with Gasteiger partial charge in [-0.2, -0.15) is 18.3 Å². The van der Waals surface area contributed by atoms with Gasteiger partial charge >= 0.3 is 12.3 Å². The molecular weight excluding hydrogens is 351 g/mol. The van der Waals surface area contributed by atoms with E-state index in [1.807, 2.05) is 0 Å². The molecule has 142 valence electrons. The Labute approximate surface area is 148 Å². The van der Waals surface area contributed by atoms with Gasteiger partial charge in [-0.1, -0.05) is 12.1 Å². The molecule has 2 amide bonds. The van der Waals surface area contributed by atoms with E-state index in [0.717, 1.165) is 12.1 Å². The number of carbonyl (C=O) groups is 2. The molecule has 2 rings (SSSR count). The van der Waals surface area contributed by atoms with E-state index in [-0.39, 0.29) is 12.8 Å². The van der Waals surface area contributed by atoms with Crippen LogP contribution in [0.2, 0.25) is 0 Å². The lowest BCUT2D eigenvalue weighted by atomic mass is 9.86. The minimum absolute atomic E-state index is 0.0117. The number of hydrogen-bond donors (Lipinski definition) is 2. The van der Waals surface area contributed by atoms with Crippen LogP contribution >= 0.6 is 0 Å². The minimum Gasteiger partial charge on any atom is -0.444 e. The van der Waals surface area contributed by atoms with Crippen molar-refractivity contribution < 1.29 is 27.5 Å². The molecule has 0 radical (unpaired) electrons. The van der Waals surface area contributed by atoms with E-state index >= 15 is 0 Å². The standard InChI is InChI=1S/C17H20F3N3O3/c1-15(2,3)26-14(25)22-16(8-9-21-23-13(16)24)10-11-4-6-12(7-5-11)17(18,19)20/h4-7,9H,8,10H2,1-3H3,(H,22,25)(H,23,24). The third kappa shape index (κ3) is 4.96. The molecule has 0 saturated heterocycles. The monoisotopic (exact) mass is 371 g/mol. The van der Waals surface area contributed by atoms with Gasteiger partial charge in [0.1, 0.15) is 11.1 Å². The summed E-state index contributed by atoms with van der Waals surface area (Å²) < 4.78 is 43.3. The van der Waals surface area contributed by atoms with Crippen LogP contribution in [0.5, 0.6) is 0 Å². The summed E-state index contributed by atoms with van der Waals surface area (Å²) in [6, 6.07) is 4.43. The number of hydrogen-bond acceptors (Lipinski definition) is 4. The first kappa shape index (κ1) is 19.7. The van der Waals surface area contributed by atoms with E-state index in [9.17, 15) is 22.8 Å². The zero-order chi connectivity index (χ0) is 19.6. The third-order valence-electron chi connectivity index (χ3n) is 3.66. The molecule has 0 bridgehead atoms. The first-order valence-corrected chi connectivity index (χ1v) is 7.91. The average Bonchev–Trinajstić information content (AvgIpc) is 2.48. The lowest BCUT2D eigenvalue weighted by Gasteiger charge is -2.34. The minimum atomic E-state index is -4.44. The van der Waals surface area contributed by atoms with Gasteiger partial charge in [0.05, 0.1) is 5.56 Å². The Hall–Kier alpha value is -2.58. The second-order valence-corrected chi connectivity index (χ2v) is 7.04. The molecule has 1 heterocycles. The average molecular weight is 371 g/mol. The van der Waals surface area contributed by atoms with Crippen molar-refractivity contribution in [1.29, 1.82) is 0 Å². The number of hydrazone groups is 1. The predicted octanol–water partition coefficient (Wildman–Crippen LogP) is 3.02. The highest BCUT2D eigenvalue weighted by molar-refractivity contribution is 5.95. The molecule has 1 aromatic rings. The zero-order valence-electron chi connectivity index (χ0n) is 14.6. The highest BCUT2D eigenvalue weighted by atomic mass is 19.4. The fraction of sp³-hybridized carbons (Fsp3) is 0.471. The number of benzene rings is 1. The van der Waals surface area contributed by atoms with Gasteiger partial charge in [0, 0.05) is 19.1 Å². The maximum absolute atomic E-state index is 12.7. The number of nitrogens with zero attached hydrogens (tertiary/aromatic N) is 1. The van der Waals surface area contributed by atoms with Crippen molar-refractivity contribution in [3.05, 3.63) is 35.4 Å². The fourth-order valence-corrected chi connectivity index (χ4v) is 2.47. The summed E-state index contributed by atoms with van der Waals surface area (Å²) in [5.74, 6) is -0.564. The number of alkyl carbamates (subject to hydrolysis) is 1. The molecule has 1 atom stereocenters. The van der Waals surface area contributed by atoms with Gasteiger partial charge < -0.3 is 10.1 Å². The molecule has 0 saturated carbocycles. The molecular formula is C17H20F3N3O3. The van der Waals surface area contributed by atoms with Crippen LogP contribution in [-0.4, -0.2) is 29.4 Å². The highest BCUT2D eigenvalue weighted by Crippen LogP contribution is 2.30. The molecule has 9 heteroatoms. The Bertz CT molecular complexity index is 709. The van der Waals surface area contributed by atoms with E-state index in [0.29, 0.717) is 5.56 Å². The van der Waals surface area contributed by atoms with Crippen LogP contribution in [0, 0.1) is 0 Å². The van der Waals surface area contributed by atoms with Crippen LogP contribution in [0.15, 0.2) is 29.4 Å². The molecule has 1 aromatic carbocycles. The van der Waals surface area contributed by atoms with E-state index in [1.165, 1.54) is 18.3 Å². The molecule has 6 nitrogen and oxygen atoms in total. The van der Waals surface area contributed by atoms with Crippen molar-refractivity contribution in [3.63, 3.8) is 0 Å². The van der Waals surface area contributed by atoms with Crippen molar-refractivity contribution >= 4 is 18.2 Å². The summed E-state index contributed by atoms with van der Waals surface area (Å²) >= 11 is 0. The number of rotatable bonds is 3. The normalized spacial score (nSPS) is 20.5. The summed E-state index contributed by atoms with van der Waals surface area (Å²) in [5.41, 5.74) is -0.216. The van der Waals surface area contributed by atoms with Gasteiger partial charge in [0.25, 0.3) is 5.91 Å². The zero-order valence-corrected chi connectivity index (χ0v) is 14.6. The number of amides is 2. The van der Waals surface area contributed by atoms with Crippen LogP contribution in [-0.2, 0) is 22.1 Å². The molecule has 0 aliphatic carbocycles. The lowest BCUT2D eigenvalue weighted by Crippen LogP contribution is -2.61. The number of carbonyl (C=O) groups excluding carboxylic acids is 2. The lowest BCUT2D eigenvalue weighted by molar-refractivity contribution is -0.137. The summed E-state index contributed by atoms with van der Waals surface area (Å²) in [5, 5.41) is 6.20. The molecule has 0 fully saturated rings. The molecule has 26 heavy (non-hydrogen) atoms. The Morgan fingerprint density at radius 1 is 1.27 bits per heavy atom. The molecule has 1 unspecified atom stereocenters. The van der Waals surface area contributed by atoms with Gasteiger partial charge in [-0.25, -0.2) is 10.2 Å². The first-order chi connectivity index (χ1) is 11.9. The topological polar surface area (TPSA) is 79.8 Å². The van der Waals surface area contributed by atoms with Gasteiger partial charge in [0.2, 0.25) is 0 Å². The summed E-state index contributed by atoms with van der Waals surface area (Å²) in [6.07, 6.45) is -3.75. The van der Waals surface area contributed by atoms with Crippen molar-refractivity contribution in [2.24, 2.45) is 5.10 Å². The third-order valence-corrected chi connectivity index (χ3v) is 3.66. The van der Waals surface area contributed by atoms with Gasteiger partial charge in [0.15, 0.2) is 0 Å². The molecule has 0 spiro atoms. The largest absolute Gasteiger partial charge is 0.444 e. The van der Waals surface area contributed by atoms with Crippen molar-refractivity contribution in [3.8, 4) is 0 Å². The van der Waals surface area contributed by atoms with E-state index in [1.54, 1.807) is 20.8 Å². The predicted molar refractivity (Wildman–Crippen MR) is 88.5 cm³/mol. The number of nitrogens with one attached hydrogen (secondary N) is 2. The molecule has 1 aliphatic rings. The van der Waals surface area contributed by atoms with Crippen LogP contribution in [0.25, 0.3) is 0 Å². The van der Waals surface area contributed by atoms with Gasteiger partial charge in [-0.05, 0) is 38.5 Å². The number of alkyl halides is 3. The molecule has 2 N–H and O–H groups in total. The van der Waals surface area contributed by atoms with E-state index in [4.69, 9.17) is 4.74 Å². The Kier molecular flexibility index (Phi) is 5.29. The maximum Gasteiger partial charge on any atom is 0.416 e. The number of ether oxygens (including phenoxy) is 1. The molecule has 1 aliphatic heterocycles. The van der Waals surface area contributed by atoms with Crippen molar-refractivity contribution in [2.75, 3.05) is 0 Å².